The average molecular weight is 400 g/mol. The van der Waals surface area contributed by atoms with E-state index in [0.717, 1.165) is 45.6 Å². The largest absolute Gasteiger partial charge is 0.332 e. The minimum absolute atomic E-state index is 0.784. The molecule has 5 nitrogen and oxygen atoms in total. The van der Waals surface area contributed by atoms with Crippen LogP contribution in [0.5, 0.6) is 0 Å². The Labute approximate surface area is 168 Å². The highest BCUT2D eigenvalue weighted by Gasteiger charge is 2.15. The first-order chi connectivity index (χ1) is 13.2. The minimum Gasteiger partial charge on any atom is -0.332 e. The highest BCUT2D eigenvalue weighted by molar-refractivity contribution is 7.98. The first-order valence-electron chi connectivity index (χ1n) is 9.57. The van der Waals surface area contributed by atoms with Gasteiger partial charge in [-0.05, 0) is 31.4 Å². The molecule has 0 unspecified atom stereocenters. The summed E-state index contributed by atoms with van der Waals surface area (Å²) in [5.41, 5.74) is 3.37. The summed E-state index contributed by atoms with van der Waals surface area (Å²) in [7, 11) is 0. The van der Waals surface area contributed by atoms with E-state index in [-0.39, 0.29) is 0 Å². The number of hydrogen-bond donors (Lipinski definition) is 2. The van der Waals surface area contributed by atoms with Crippen molar-refractivity contribution < 1.29 is 0 Å². The molecule has 1 fully saturated rings. The van der Waals surface area contributed by atoms with Gasteiger partial charge in [-0.25, -0.2) is 9.97 Å². The third kappa shape index (κ3) is 5.32. The molecule has 0 amide bonds. The Kier molecular flexibility index (Phi) is 6.09. The maximum Gasteiger partial charge on any atom is 0.208 e. The summed E-state index contributed by atoms with van der Waals surface area (Å²) in [6.07, 6.45) is 7.82. The summed E-state index contributed by atoms with van der Waals surface area (Å²) in [6.45, 7) is 2.09. The molecule has 1 aliphatic carbocycles. The molecule has 1 aliphatic rings. The zero-order valence-electron chi connectivity index (χ0n) is 15.6. The predicted octanol–water partition coefficient (Wildman–Crippen LogP) is 5.73. The molecule has 1 aromatic carbocycles. The minimum atomic E-state index is 0.784. The number of nitrogens with one attached hydrogen (secondary N) is 2. The quantitative estimate of drug-likeness (QED) is 0.474. The number of aryl methyl sites for hydroxylation is 2. The number of aromatic amines is 1. The molecular weight excluding hydrogens is 374 g/mol. The summed E-state index contributed by atoms with van der Waals surface area (Å²) < 4.78 is 0. The number of nitrogens with zero attached hydrogens (tertiary/aromatic N) is 3. The zero-order chi connectivity index (χ0) is 18.5. The molecule has 142 valence electrons. The van der Waals surface area contributed by atoms with Crippen molar-refractivity contribution in [3.8, 4) is 0 Å². The normalized spacial score (nSPS) is 14.7. The highest BCUT2D eigenvalue weighted by Crippen LogP contribution is 2.29. The van der Waals surface area contributed by atoms with E-state index in [1.807, 2.05) is 0 Å². The lowest BCUT2D eigenvalue weighted by Crippen LogP contribution is -1.97. The van der Waals surface area contributed by atoms with Crippen LogP contribution in [0.2, 0.25) is 0 Å². The molecule has 0 atom stereocenters. The molecule has 27 heavy (non-hydrogen) atoms. The van der Waals surface area contributed by atoms with Crippen LogP contribution in [0.4, 0.5) is 10.8 Å². The van der Waals surface area contributed by atoms with Crippen molar-refractivity contribution in [3.63, 3.8) is 0 Å². The number of rotatable bonds is 8. The van der Waals surface area contributed by atoms with Crippen LogP contribution in [0.3, 0.4) is 0 Å². The first-order valence-corrected chi connectivity index (χ1v) is 11.4. The Morgan fingerprint density at radius 2 is 2.00 bits per heavy atom. The monoisotopic (exact) mass is 399 g/mol. The number of aromatic nitrogens is 4. The molecule has 0 bridgehead atoms. The summed E-state index contributed by atoms with van der Waals surface area (Å²) in [5, 5.41) is 14.6. The number of H-pyrrole nitrogens is 1. The van der Waals surface area contributed by atoms with Gasteiger partial charge in [-0.15, -0.1) is 16.4 Å². The Morgan fingerprint density at radius 1 is 1.19 bits per heavy atom. The van der Waals surface area contributed by atoms with Crippen LogP contribution in [0.25, 0.3) is 0 Å². The standard InChI is InChI=1S/C20H25N5S2/c1-14-6-9-16(10-7-14)21-19-22-17(12-26-19)13-27-20-23-18(24-25-20)11-8-15-4-2-3-5-15/h6-7,9-10,12,15H,2-5,8,11,13H2,1H3,(H,21,22)(H,23,24,25). The maximum atomic E-state index is 4.66. The molecule has 4 rings (SSSR count). The fraction of sp³-hybridized carbons (Fsp3) is 0.450. The summed E-state index contributed by atoms with van der Waals surface area (Å²) >= 11 is 3.26. The molecule has 2 N–H and O–H groups in total. The second-order valence-corrected chi connectivity index (χ2v) is 8.98. The van der Waals surface area contributed by atoms with Crippen molar-refractivity contribution in [3.05, 3.63) is 46.7 Å². The molecule has 0 aliphatic heterocycles. The average Bonchev–Trinajstić information content (AvgIpc) is 3.42. The van der Waals surface area contributed by atoms with Crippen molar-refractivity contribution in [1.29, 1.82) is 0 Å². The second-order valence-electron chi connectivity index (χ2n) is 7.18. The second kappa shape index (κ2) is 8.89. The number of benzene rings is 1. The molecule has 3 aromatic rings. The lowest BCUT2D eigenvalue weighted by atomic mass is 10.0. The van der Waals surface area contributed by atoms with Crippen molar-refractivity contribution in [2.75, 3.05) is 5.32 Å². The molecule has 0 spiro atoms. The van der Waals surface area contributed by atoms with Crippen LogP contribution in [-0.2, 0) is 12.2 Å². The number of thiazole rings is 1. The predicted molar refractivity (Wildman–Crippen MR) is 113 cm³/mol. The van der Waals surface area contributed by atoms with Gasteiger partial charge < -0.3 is 5.32 Å². The van der Waals surface area contributed by atoms with E-state index in [2.05, 4.69) is 62.1 Å². The van der Waals surface area contributed by atoms with E-state index in [9.17, 15) is 0 Å². The molecular formula is C20H25N5S2. The lowest BCUT2D eigenvalue weighted by molar-refractivity contribution is 0.497. The van der Waals surface area contributed by atoms with Gasteiger partial charge in [-0.3, -0.25) is 5.10 Å². The Bertz CT molecular complexity index is 849. The molecule has 1 saturated carbocycles. The van der Waals surface area contributed by atoms with Crippen LogP contribution in [-0.4, -0.2) is 20.2 Å². The van der Waals surface area contributed by atoms with Gasteiger partial charge in [-0.2, -0.15) is 0 Å². The molecule has 0 radical (unpaired) electrons. The zero-order valence-corrected chi connectivity index (χ0v) is 17.2. The van der Waals surface area contributed by atoms with Crippen molar-refractivity contribution in [2.24, 2.45) is 5.92 Å². The highest BCUT2D eigenvalue weighted by atomic mass is 32.2. The Balaban J connectivity index is 1.25. The van der Waals surface area contributed by atoms with Gasteiger partial charge in [0.2, 0.25) is 5.16 Å². The SMILES string of the molecule is Cc1ccc(Nc2nc(CSc3n[nH]c(CCC4CCCC4)n3)cs2)cc1. The summed E-state index contributed by atoms with van der Waals surface area (Å²) in [6, 6.07) is 8.35. The van der Waals surface area contributed by atoms with Gasteiger partial charge >= 0.3 is 0 Å². The lowest BCUT2D eigenvalue weighted by Gasteiger charge is -2.05. The summed E-state index contributed by atoms with van der Waals surface area (Å²) in [5.74, 6) is 2.69. The third-order valence-corrected chi connectivity index (χ3v) is 6.67. The molecule has 2 heterocycles. The molecule has 2 aromatic heterocycles. The molecule has 7 heteroatoms. The van der Waals surface area contributed by atoms with Crippen LogP contribution in [0.1, 0.15) is 49.2 Å². The fourth-order valence-electron chi connectivity index (χ4n) is 3.42. The van der Waals surface area contributed by atoms with Gasteiger partial charge in [0, 0.05) is 23.2 Å². The Morgan fingerprint density at radius 3 is 2.81 bits per heavy atom. The van der Waals surface area contributed by atoms with Crippen LogP contribution in [0.15, 0.2) is 34.8 Å². The number of hydrogen-bond acceptors (Lipinski definition) is 6. The van der Waals surface area contributed by atoms with Gasteiger partial charge in [0.1, 0.15) is 5.82 Å². The van der Waals surface area contributed by atoms with Crippen molar-refractivity contribution >= 4 is 33.9 Å². The Hall–Kier alpha value is -1.86. The fourth-order valence-corrected chi connectivity index (χ4v) is 4.97. The van der Waals surface area contributed by atoms with E-state index < -0.39 is 0 Å². The maximum absolute atomic E-state index is 4.66. The molecule has 0 saturated heterocycles. The third-order valence-electron chi connectivity index (χ3n) is 4.98. The van der Waals surface area contributed by atoms with Gasteiger partial charge in [-0.1, -0.05) is 55.1 Å². The topological polar surface area (TPSA) is 66.5 Å². The van der Waals surface area contributed by atoms with Crippen molar-refractivity contribution in [1.82, 2.24) is 20.2 Å². The number of thioether (sulfide) groups is 1. The van der Waals surface area contributed by atoms with Gasteiger partial charge in [0.05, 0.1) is 5.69 Å². The van der Waals surface area contributed by atoms with Crippen LogP contribution in [0, 0.1) is 12.8 Å². The van der Waals surface area contributed by atoms with Gasteiger partial charge in [0.15, 0.2) is 5.13 Å². The number of anilines is 2. The van der Waals surface area contributed by atoms with E-state index >= 15 is 0 Å². The first kappa shape index (κ1) is 18.5. The van der Waals surface area contributed by atoms with Crippen LogP contribution < -0.4 is 5.32 Å². The van der Waals surface area contributed by atoms with E-state index in [0.29, 0.717) is 0 Å². The van der Waals surface area contributed by atoms with E-state index in [1.54, 1.807) is 23.1 Å². The van der Waals surface area contributed by atoms with E-state index in [4.69, 9.17) is 0 Å². The summed E-state index contributed by atoms with van der Waals surface area (Å²) in [4.78, 5) is 9.28. The van der Waals surface area contributed by atoms with Crippen molar-refractivity contribution in [2.45, 2.75) is 56.4 Å². The van der Waals surface area contributed by atoms with E-state index in [1.165, 1.54) is 37.7 Å². The smallest absolute Gasteiger partial charge is 0.208 e. The van der Waals surface area contributed by atoms with Gasteiger partial charge in [0.25, 0.3) is 0 Å². The van der Waals surface area contributed by atoms with Crippen LogP contribution >= 0.6 is 23.1 Å².